The van der Waals surface area contributed by atoms with Crippen molar-refractivity contribution in [1.29, 1.82) is 0 Å². The SMILES string of the molecule is CN=C(NCCCc1ccc(OC)c(OC)c1)NCCCn1nc(C)cc1C.I. The van der Waals surface area contributed by atoms with Crippen molar-refractivity contribution >= 4 is 29.9 Å². The van der Waals surface area contributed by atoms with Crippen LogP contribution in [0.15, 0.2) is 29.3 Å². The lowest BCUT2D eigenvalue weighted by Gasteiger charge is -2.13. The molecule has 0 fully saturated rings. The van der Waals surface area contributed by atoms with Crippen molar-refractivity contribution in [3.8, 4) is 11.5 Å². The van der Waals surface area contributed by atoms with Crippen molar-refractivity contribution in [2.75, 3.05) is 34.4 Å². The molecule has 0 aliphatic rings. The number of nitrogens with zero attached hydrogens (tertiary/aromatic N) is 3. The molecule has 0 amide bonds. The van der Waals surface area contributed by atoms with Crippen molar-refractivity contribution in [1.82, 2.24) is 20.4 Å². The maximum Gasteiger partial charge on any atom is 0.190 e. The van der Waals surface area contributed by atoms with Crippen LogP contribution in [0.3, 0.4) is 0 Å². The van der Waals surface area contributed by atoms with Crippen molar-refractivity contribution in [2.24, 2.45) is 4.99 Å². The molecule has 162 valence electrons. The number of aromatic nitrogens is 2. The summed E-state index contributed by atoms with van der Waals surface area (Å²) in [6.07, 6.45) is 2.96. The second-order valence-corrected chi connectivity index (χ2v) is 6.72. The standard InChI is InChI=1S/C21H33N5O2.HI/c1-16-14-17(2)26(25-16)13-7-12-24-21(22-3)23-11-6-8-18-9-10-19(27-4)20(15-18)28-5;/h9-10,14-15H,6-8,11-13H2,1-5H3,(H2,22,23,24);1H. The van der Waals surface area contributed by atoms with Gasteiger partial charge in [0, 0.05) is 32.4 Å². The summed E-state index contributed by atoms with van der Waals surface area (Å²) >= 11 is 0. The molecule has 1 aromatic carbocycles. The van der Waals surface area contributed by atoms with Crippen molar-refractivity contribution in [3.63, 3.8) is 0 Å². The number of methoxy groups -OCH3 is 2. The van der Waals surface area contributed by atoms with Gasteiger partial charge < -0.3 is 20.1 Å². The molecule has 2 rings (SSSR count). The predicted molar refractivity (Wildman–Crippen MR) is 129 cm³/mol. The Kier molecular flexibility index (Phi) is 11.5. The summed E-state index contributed by atoms with van der Waals surface area (Å²) in [7, 11) is 5.11. The molecular formula is C21H34IN5O2. The van der Waals surface area contributed by atoms with Crippen LogP contribution < -0.4 is 20.1 Å². The molecule has 0 saturated heterocycles. The van der Waals surface area contributed by atoms with E-state index in [9.17, 15) is 0 Å². The van der Waals surface area contributed by atoms with Gasteiger partial charge in [0.2, 0.25) is 0 Å². The first-order chi connectivity index (χ1) is 13.6. The van der Waals surface area contributed by atoms with Crippen LogP contribution >= 0.6 is 24.0 Å². The first kappa shape index (κ1) is 25.1. The number of aliphatic imine (C=N–C) groups is 1. The molecule has 0 saturated carbocycles. The maximum atomic E-state index is 5.36. The number of rotatable bonds is 10. The van der Waals surface area contributed by atoms with E-state index < -0.39 is 0 Å². The summed E-state index contributed by atoms with van der Waals surface area (Å²) in [5.41, 5.74) is 3.50. The monoisotopic (exact) mass is 515 g/mol. The van der Waals surface area contributed by atoms with E-state index in [-0.39, 0.29) is 24.0 Å². The van der Waals surface area contributed by atoms with Crippen molar-refractivity contribution in [3.05, 3.63) is 41.2 Å². The molecule has 0 bridgehead atoms. The van der Waals surface area contributed by atoms with E-state index in [0.29, 0.717) is 0 Å². The molecule has 0 radical (unpaired) electrons. The van der Waals surface area contributed by atoms with Crippen LogP contribution in [0, 0.1) is 13.8 Å². The third kappa shape index (κ3) is 8.12. The summed E-state index contributed by atoms with van der Waals surface area (Å²) in [6, 6.07) is 8.16. The third-order valence-corrected chi connectivity index (χ3v) is 4.55. The van der Waals surface area contributed by atoms with Gasteiger partial charge in [-0.25, -0.2) is 0 Å². The van der Waals surface area contributed by atoms with Crippen LogP contribution in [0.1, 0.15) is 29.8 Å². The molecular weight excluding hydrogens is 481 g/mol. The fourth-order valence-corrected chi connectivity index (χ4v) is 3.09. The van der Waals surface area contributed by atoms with Gasteiger partial charge in [0.15, 0.2) is 17.5 Å². The average Bonchev–Trinajstić information content (AvgIpc) is 3.03. The molecule has 1 aromatic heterocycles. The molecule has 0 spiro atoms. The van der Waals surface area contributed by atoms with Gasteiger partial charge in [-0.15, -0.1) is 24.0 Å². The smallest absolute Gasteiger partial charge is 0.190 e. The number of benzene rings is 1. The van der Waals surface area contributed by atoms with Crippen molar-refractivity contribution in [2.45, 2.75) is 39.7 Å². The highest BCUT2D eigenvalue weighted by molar-refractivity contribution is 14.0. The second kappa shape index (κ2) is 13.3. The second-order valence-electron chi connectivity index (χ2n) is 6.72. The maximum absolute atomic E-state index is 5.36. The summed E-state index contributed by atoms with van der Waals surface area (Å²) < 4.78 is 12.7. The topological polar surface area (TPSA) is 72.7 Å². The van der Waals surface area contributed by atoms with E-state index in [2.05, 4.69) is 44.5 Å². The average molecular weight is 515 g/mol. The highest BCUT2D eigenvalue weighted by Gasteiger charge is 2.05. The molecule has 0 unspecified atom stereocenters. The number of guanidine groups is 1. The number of hydrogen-bond acceptors (Lipinski definition) is 4. The van der Waals surface area contributed by atoms with E-state index in [1.165, 1.54) is 11.3 Å². The Bertz CT molecular complexity index is 776. The highest BCUT2D eigenvalue weighted by atomic mass is 127. The number of hydrogen-bond donors (Lipinski definition) is 2. The van der Waals surface area contributed by atoms with Crippen LogP contribution in [-0.2, 0) is 13.0 Å². The molecule has 29 heavy (non-hydrogen) atoms. The first-order valence-electron chi connectivity index (χ1n) is 9.74. The Labute approximate surface area is 191 Å². The van der Waals surface area contributed by atoms with Gasteiger partial charge in [0.25, 0.3) is 0 Å². The molecule has 0 aliphatic carbocycles. The molecule has 0 atom stereocenters. The number of ether oxygens (including phenoxy) is 2. The van der Waals surface area contributed by atoms with E-state index >= 15 is 0 Å². The normalized spacial score (nSPS) is 11.0. The number of halogens is 1. The lowest BCUT2D eigenvalue weighted by molar-refractivity contribution is 0.354. The number of aryl methyl sites for hydroxylation is 4. The molecule has 0 aliphatic heterocycles. The van der Waals surface area contributed by atoms with Crippen LogP contribution in [0.2, 0.25) is 0 Å². The Morgan fingerprint density at radius 3 is 2.31 bits per heavy atom. The Morgan fingerprint density at radius 1 is 1.03 bits per heavy atom. The zero-order chi connectivity index (χ0) is 20.4. The largest absolute Gasteiger partial charge is 0.493 e. The lowest BCUT2D eigenvalue weighted by atomic mass is 10.1. The van der Waals surface area contributed by atoms with E-state index in [1.54, 1.807) is 21.3 Å². The highest BCUT2D eigenvalue weighted by Crippen LogP contribution is 2.27. The summed E-state index contributed by atoms with van der Waals surface area (Å²) in [4.78, 5) is 4.28. The van der Waals surface area contributed by atoms with Gasteiger partial charge in [0.05, 0.1) is 19.9 Å². The molecule has 1 heterocycles. The van der Waals surface area contributed by atoms with Gasteiger partial charge in [0.1, 0.15) is 0 Å². The fourth-order valence-electron chi connectivity index (χ4n) is 3.09. The summed E-state index contributed by atoms with van der Waals surface area (Å²) in [5.74, 6) is 2.36. The fraction of sp³-hybridized carbons (Fsp3) is 0.524. The zero-order valence-corrected chi connectivity index (χ0v) is 20.4. The van der Waals surface area contributed by atoms with Gasteiger partial charge in [-0.2, -0.15) is 5.10 Å². The Balaban J connectivity index is 0.00000420. The summed E-state index contributed by atoms with van der Waals surface area (Å²) in [5, 5.41) is 11.2. The first-order valence-corrected chi connectivity index (χ1v) is 9.74. The van der Waals surface area contributed by atoms with Gasteiger partial charge in [-0.3, -0.25) is 9.67 Å². The lowest BCUT2D eigenvalue weighted by Crippen LogP contribution is -2.38. The quantitative estimate of drug-likeness (QED) is 0.220. The van der Waals surface area contributed by atoms with E-state index in [1.807, 2.05) is 19.1 Å². The van der Waals surface area contributed by atoms with Crippen LogP contribution in [0.4, 0.5) is 0 Å². The van der Waals surface area contributed by atoms with E-state index in [0.717, 1.165) is 62.0 Å². The molecule has 2 N–H and O–H groups in total. The molecule has 2 aromatic rings. The Morgan fingerprint density at radius 2 is 1.72 bits per heavy atom. The minimum atomic E-state index is 0. The van der Waals surface area contributed by atoms with Crippen LogP contribution in [0.25, 0.3) is 0 Å². The van der Waals surface area contributed by atoms with Crippen LogP contribution in [0.5, 0.6) is 11.5 Å². The molecule has 8 heteroatoms. The minimum absolute atomic E-state index is 0. The third-order valence-electron chi connectivity index (χ3n) is 4.55. The zero-order valence-electron chi connectivity index (χ0n) is 18.1. The van der Waals surface area contributed by atoms with Crippen LogP contribution in [-0.4, -0.2) is 50.1 Å². The number of nitrogens with one attached hydrogen (secondary N) is 2. The van der Waals surface area contributed by atoms with Gasteiger partial charge in [-0.05, 0) is 56.9 Å². The minimum Gasteiger partial charge on any atom is -0.493 e. The van der Waals surface area contributed by atoms with Gasteiger partial charge >= 0.3 is 0 Å². The predicted octanol–water partition coefficient (Wildman–Crippen LogP) is 3.32. The Hall–Kier alpha value is -1.97. The molecule has 7 nitrogen and oxygen atoms in total. The van der Waals surface area contributed by atoms with E-state index in [4.69, 9.17) is 9.47 Å². The summed E-state index contributed by atoms with van der Waals surface area (Å²) in [6.45, 7) is 6.73. The van der Waals surface area contributed by atoms with Gasteiger partial charge in [-0.1, -0.05) is 6.07 Å². The van der Waals surface area contributed by atoms with Crippen molar-refractivity contribution < 1.29 is 9.47 Å².